The van der Waals surface area contributed by atoms with Crippen LogP contribution in [-0.4, -0.2) is 25.4 Å². The summed E-state index contributed by atoms with van der Waals surface area (Å²) in [5, 5.41) is 2.98. The molecule has 1 aromatic rings. The molecule has 0 saturated carbocycles. The molecular formula is C16H24ClNO2. The Kier molecular flexibility index (Phi) is 6.34. The first kappa shape index (κ1) is 16.8. The van der Waals surface area contributed by atoms with Crippen LogP contribution in [0.2, 0.25) is 0 Å². The predicted octanol–water partition coefficient (Wildman–Crippen LogP) is 3.78. The largest absolute Gasteiger partial charge is 0.496 e. The molecule has 0 spiro atoms. The Hall–Kier alpha value is -1.22. The van der Waals surface area contributed by atoms with E-state index in [-0.39, 0.29) is 11.3 Å². The van der Waals surface area contributed by atoms with Crippen molar-refractivity contribution in [3.63, 3.8) is 0 Å². The first-order valence-electron chi connectivity index (χ1n) is 6.88. The van der Waals surface area contributed by atoms with Crippen molar-refractivity contribution in [2.45, 2.75) is 33.6 Å². The van der Waals surface area contributed by atoms with Crippen LogP contribution in [0.1, 0.15) is 42.6 Å². The van der Waals surface area contributed by atoms with Gasteiger partial charge in [0.25, 0.3) is 5.91 Å². The number of amides is 1. The van der Waals surface area contributed by atoms with Crippen LogP contribution in [0.4, 0.5) is 0 Å². The van der Waals surface area contributed by atoms with E-state index in [4.69, 9.17) is 16.3 Å². The van der Waals surface area contributed by atoms with Crippen LogP contribution in [0.3, 0.4) is 0 Å². The SMILES string of the molecule is COc1cc(C(=O)NCC(C)(C)CCCCl)ccc1C. The molecule has 0 heterocycles. The van der Waals surface area contributed by atoms with Crippen LogP contribution in [0.25, 0.3) is 0 Å². The molecule has 112 valence electrons. The Morgan fingerprint density at radius 2 is 2.10 bits per heavy atom. The summed E-state index contributed by atoms with van der Waals surface area (Å²) in [7, 11) is 1.61. The summed E-state index contributed by atoms with van der Waals surface area (Å²) in [6.07, 6.45) is 1.96. The topological polar surface area (TPSA) is 38.3 Å². The fourth-order valence-electron chi connectivity index (χ4n) is 2.02. The standard InChI is InChI=1S/C16H24ClNO2/c1-12-6-7-13(10-14(12)20-4)15(19)18-11-16(2,3)8-5-9-17/h6-7,10H,5,8-9,11H2,1-4H3,(H,18,19). The smallest absolute Gasteiger partial charge is 0.251 e. The van der Waals surface area contributed by atoms with Gasteiger partial charge >= 0.3 is 0 Å². The van der Waals surface area contributed by atoms with Crippen molar-refractivity contribution in [2.75, 3.05) is 19.5 Å². The molecule has 1 amide bonds. The number of hydrogen-bond donors (Lipinski definition) is 1. The molecule has 0 aliphatic rings. The van der Waals surface area contributed by atoms with Crippen molar-refractivity contribution in [1.82, 2.24) is 5.32 Å². The molecule has 0 saturated heterocycles. The van der Waals surface area contributed by atoms with E-state index >= 15 is 0 Å². The molecular weight excluding hydrogens is 274 g/mol. The number of methoxy groups -OCH3 is 1. The number of halogens is 1. The number of carbonyl (C=O) groups excluding carboxylic acids is 1. The molecule has 1 rings (SSSR count). The van der Waals surface area contributed by atoms with E-state index in [0.717, 1.165) is 24.2 Å². The zero-order chi connectivity index (χ0) is 15.2. The highest BCUT2D eigenvalue weighted by molar-refractivity contribution is 6.17. The van der Waals surface area contributed by atoms with E-state index in [1.54, 1.807) is 13.2 Å². The fraction of sp³-hybridized carbons (Fsp3) is 0.562. The number of carbonyl (C=O) groups is 1. The Labute approximate surface area is 126 Å². The van der Waals surface area contributed by atoms with Gasteiger partial charge in [-0.1, -0.05) is 19.9 Å². The number of aryl methyl sites for hydroxylation is 1. The molecule has 1 N–H and O–H groups in total. The number of nitrogens with one attached hydrogen (secondary N) is 1. The molecule has 0 aromatic heterocycles. The minimum absolute atomic E-state index is 0.0549. The van der Waals surface area contributed by atoms with Gasteiger partial charge in [-0.3, -0.25) is 4.79 Å². The maximum atomic E-state index is 12.2. The third-order valence-corrected chi connectivity index (χ3v) is 3.65. The Morgan fingerprint density at radius 3 is 2.70 bits per heavy atom. The lowest BCUT2D eigenvalue weighted by atomic mass is 9.88. The summed E-state index contributed by atoms with van der Waals surface area (Å²) in [6.45, 7) is 6.86. The van der Waals surface area contributed by atoms with Gasteiger partial charge in [-0.2, -0.15) is 0 Å². The lowest BCUT2D eigenvalue weighted by Crippen LogP contribution is -2.34. The van der Waals surface area contributed by atoms with Gasteiger partial charge in [0.15, 0.2) is 0 Å². The summed E-state index contributed by atoms with van der Waals surface area (Å²) in [5.74, 6) is 1.33. The van der Waals surface area contributed by atoms with Crippen LogP contribution < -0.4 is 10.1 Å². The highest BCUT2D eigenvalue weighted by atomic mass is 35.5. The lowest BCUT2D eigenvalue weighted by Gasteiger charge is -2.24. The van der Waals surface area contributed by atoms with Crippen molar-refractivity contribution >= 4 is 17.5 Å². The minimum Gasteiger partial charge on any atom is -0.496 e. The van der Waals surface area contributed by atoms with Crippen molar-refractivity contribution in [3.8, 4) is 5.75 Å². The molecule has 1 aromatic carbocycles. The zero-order valence-electron chi connectivity index (χ0n) is 12.8. The molecule has 0 aliphatic carbocycles. The van der Waals surface area contributed by atoms with E-state index < -0.39 is 0 Å². The molecule has 0 unspecified atom stereocenters. The maximum Gasteiger partial charge on any atom is 0.251 e. The van der Waals surface area contributed by atoms with Crippen molar-refractivity contribution in [1.29, 1.82) is 0 Å². The zero-order valence-corrected chi connectivity index (χ0v) is 13.5. The van der Waals surface area contributed by atoms with E-state index in [2.05, 4.69) is 19.2 Å². The van der Waals surface area contributed by atoms with Crippen molar-refractivity contribution in [3.05, 3.63) is 29.3 Å². The van der Waals surface area contributed by atoms with Gasteiger partial charge < -0.3 is 10.1 Å². The van der Waals surface area contributed by atoms with Crippen molar-refractivity contribution in [2.24, 2.45) is 5.41 Å². The molecule has 0 bridgehead atoms. The highest BCUT2D eigenvalue weighted by Gasteiger charge is 2.19. The van der Waals surface area contributed by atoms with Gasteiger partial charge in [-0.25, -0.2) is 0 Å². The third kappa shape index (κ3) is 5.04. The molecule has 0 radical (unpaired) electrons. The van der Waals surface area contributed by atoms with Crippen LogP contribution in [0, 0.1) is 12.3 Å². The second-order valence-corrected chi connectivity index (χ2v) is 6.20. The van der Waals surface area contributed by atoms with Gasteiger partial charge in [-0.15, -0.1) is 11.6 Å². The Morgan fingerprint density at radius 1 is 1.40 bits per heavy atom. The van der Waals surface area contributed by atoms with Crippen LogP contribution >= 0.6 is 11.6 Å². The second-order valence-electron chi connectivity index (χ2n) is 5.82. The van der Waals surface area contributed by atoms with Crippen LogP contribution in [0.5, 0.6) is 5.75 Å². The minimum atomic E-state index is -0.0674. The highest BCUT2D eigenvalue weighted by Crippen LogP contribution is 2.22. The van der Waals surface area contributed by atoms with E-state index in [1.807, 2.05) is 19.1 Å². The summed E-state index contributed by atoms with van der Waals surface area (Å²) < 4.78 is 5.24. The number of hydrogen-bond acceptors (Lipinski definition) is 2. The van der Waals surface area contributed by atoms with Gasteiger partial charge in [-0.05, 0) is 42.9 Å². The van der Waals surface area contributed by atoms with E-state index in [0.29, 0.717) is 18.0 Å². The monoisotopic (exact) mass is 297 g/mol. The molecule has 3 nitrogen and oxygen atoms in total. The first-order chi connectivity index (χ1) is 9.39. The Bertz CT molecular complexity index is 458. The number of ether oxygens (including phenoxy) is 1. The van der Waals surface area contributed by atoms with Crippen LogP contribution in [-0.2, 0) is 0 Å². The number of alkyl halides is 1. The number of benzene rings is 1. The molecule has 0 atom stereocenters. The maximum absolute atomic E-state index is 12.2. The van der Waals surface area contributed by atoms with Gasteiger partial charge in [0.1, 0.15) is 5.75 Å². The fourth-order valence-corrected chi connectivity index (χ4v) is 2.15. The van der Waals surface area contributed by atoms with Crippen molar-refractivity contribution < 1.29 is 9.53 Å². The number of rotatable bonds is 7. The molecule has 0 fully saturated rings. The quantitative estimate of drug-likeness (QED) is 0.778. The predicted molar refractivity (Wildman–Crippen MR) is 83.8 cm³/mol. The Balaban J connectivity index is 2.63. The summed E-state index contributed by atoms with van der Waals surface area (Å²) in [4.78, 5) is 12.2. The molecule has 4 heteroatoms. The molecule has 0 aliphatic heterocycles. The summed E-state index contributed by atoms with van der Waals surface area (Å²) >= 11 is 5.71. The first-order valence-corrected chi connectivity index (χ1v) is 7.42. The summed E-state index contributed by atoms with van der Waals surface area (Å²) in [6, 6.07) is 5.49. The van der Waals surface area contributed by atoms with Gasteiger partial charge in [0.2, 0.25) is 0 Å². The molecule has 20 heavy (non-hydrogen) atoms. The average Bonchev–Trinajstić information content (AvgIpc) is 2.43. The van der Waals surface area contributed by atoms with Crippen LogP contribution in [0.15, 0.2) is 18.2 Å². The van der Waals surface area contributed by atoms with Gasteiger partial charge in [0, 0.05) is 18.0 Å². The van der Waals surface area contributed by atoms with E-state index in [1.165, 1.54) is 0 Å². The normalized spacial score (nSPS) is 11.2. The van der Waals surface area contributed by atoms with E-state index in [9.17, 15) is 4.79 Å². The summed E-state index contributed by atoms with van der Waals surface area (Å²) in [5.41, 5.74) is 1.70. The average molecular weight is 298 g/mol. The second kappa shape index (κ2) is 7.53. The third-order valence-electron chi connectivity index (χ3n) is 3.38. The lowest BCUT2D eigenvalue weighted by molar-refractivity contribution is 0.0934. The van der Waals surface area contributed by atoms with Gasteiger partial charge in [0.05, 0.1) is 7.11 Å².